The number of nitrogens with zero attached hydrogens (tertiary/aromatic N) is 3. The normalized spacial score (nSPS) is 10.8. The molecule has 19 heavy (non-hydrogen) atoms. The number of hydrogen-bond donors (Lipinski definition) is 1. The van der Waals surface area contributed by atoms with Gasteiger partial charge in [-0.3, -0.25) is 4.98 Å². The third kappa shape index (κ3) is 3.41. The van der Waals surface area contributed by atoms with Crippen LogP contribution in [0.5, 0.6) is 0 Å². The molecular formula is C14H17ClN4. The second-order valence-electron chi connectivity index (χ2n) is 4.55. The number of anilines is 1. The zero-order chi connectivity index (χ0) is 13.8. The molecule has 0 bridgehead atoms. The molecule has 0 saturated heterocycles. The van der Waals surface area contributed by atoms with Crippen LogP contribution in [-0.4, -0.2) is 21.5 Å². The number of pyridine rings is 1. The molecular weight excluding hydrogens is 260 g/mol. The average Bonchev–Trinajstić information content (AvgIpc) is 2.39. The van der Waals surface area contributed by atoms with Crippen molar-refractivity contribution in [3.63, 3.8) is 0 Å². The molecule has 0 spiro atoms. The lowest BCUT2D eigenvalue weighted by Gasteiger charge is -2.10. The maximum absolute atomic E-state index is 5.85. The Morgan fingerprint density at radius 3 is 2.63 bits per heavy atom. The Morgan fingerprint density at radius 2 is 2.05 bits per heavy atom. The van der Waals surface area contributed by atoms with Crippen molar-refractivity contribution in [2.75, 3.05) is 11.9 Å². The number of aromatic nitrogens is 3. The number of rotatable bonds is 4. The van der Waals surface area contributed by atoms with E-state index in [0.29, 0.717) is 16.8 Å². The minimum absolute atomic E-state index is 0.339. The number of halogens is 1. The smallest absolute Gasteiger partial charge is 0.180 e. The van der Waals surface area contributed by atoms with Crippen LogP contribution in [0.2, 0.25) is 5.02 Å². The van der Waals surface area contributed by atoms with Gasteiger partial charge in [-0.15, -0.1) is 0 Å². The molecule has 0 amide bonds. The molecule has 0 atom stereocenters. The molecule has 0 aliphatic carbocycles. The fourth-order valence-corrected chi connectivity index (χ4v) is 1.77. The molecule has 0 fully saturated rings. The Balaban J connectivity index is 2.46. The Kier molecular flexibility index (Phi) is 4.32. The number of nitrogens with one attached hydrogen (secondary N) is 1. The van der Waals surface area contributed by atoms with Crippen molar-refractivity contribution in [2.24, 2.45) is 0 Å². The maximum Gasteiger partial charge on any atom is 0.180 e. The van der Waals surface area contributed by atoms with Crippen molar-refractivity contribution in [3.8, 4) is 11.5 Å². The lowest BCUT2D eigenvalue weighted by Crippen LogP contribution is -2.05. The van der Waals surface area contributed by atoms with Gasteiger partial charge in [0.2, 0.25) is 0 Å². The molecule has 1 N–H and O–H groups in total. The van der Waals surface area contributed by atoms with Gasteiger partial charge in [-0.2, -0.15) is 0 Å². The van der Waals surface area contributed by atoms with E-state index in [-0.39, 0.29) is 0 Å². The summed E-state index contributed by atoms with van der Waals surface area (Å²) in [7, 11) is 0. The monoisotopic (exact) mass is 276 g/mol. The highest BCUT2D eigenvalue weighted by molar-refractivity contribution is 6.30. The Labute approximate surface area is 118 Å². The van der Waals surface area contributed by atoms with Crippen molar-refractivity contribution in [1.82, 2.24) is 15.0 Å². The van der Waals surface area contributed by atoms with Crippen molar-refractivity contribution >= 4 is 17.4 Å². The molecule has 4 nitrogen and oxygen atoms in total. The van der Waals surface area contributed by atoms with Gasteiger partial charge in [-0.1, -0.05) is 25.4 Å². The third-order valence-corrected chi connectivity index (χ3v) is 2.88. The molecule has 2 rings (SSSR count). The molecule has 100 valence electrons. The summed E-state index contributed by atoms with van der Waals surface area (Å²) in [6.07, 6.45) is 1.61. The summed E-state index contributed by atoms with van der Waals surface area (Å²) >= 11 is 5.85. The maximum atomic E-state index is 5.85. The van der Waals surface area contributed by atoms with Gasteiger partial charge >= 0.3 is 0 Å². The second-order valence-corrected chi connectivity index (χ2v) is 4.98. The van der Waals surface area contributed by atoms with E-state index in [1.165, 1.54) is 0 Å². The van der Waals surface area contributed by atoms with E-state index < -0.39 is 0 Å². The lowest BCUT2D eigenvalue weighted by atomic mass is 10.1. The quantitative estimate of drug-likeness (QED) is 0.924. The Morgan fingerprint density at radius 1 is 1.26 bits per heavy atom. The van der Waals surface area contributed by atoms with Crippen molar-refractivity contribution < 1.29 is 0 Å². The van der Waals surface area contributed by atoms with Crippen molar-refractivity contribution in [3.05, 3.63) is 35.1 Å². The first-order valence-corrected chi connectivity index (χ1v) is 6.72. The molecule has 2 aromatic rings. The van der Waals surface area contributed by atoms with Gasteiger partial charge in [0.25, 0.3) is 0 Å². The summed E-state index contributed by atoms with van der Waals surface area (Å²) in [5, 5.41) is 3.83. The Hall–Kier alpha value is -1.68. The van der Waals surface area contributed by atoms with E-state index >= 15 is 0 Å². The zero-order valence-electron chi connectivity index (χ0n) is 11.3. The van der Waals surface area contributed by atoms with Gasteiger partial charge in [0.05, 0.1) is 5.02 Å². The predicted octanol–water partition coefficient (Wildman–Crippen LogP) is 3.75. The summed E-state index contributed by atoms with van der Waals surface area (Å²) < 4.78 is 0. The van der Waals surface area contributed by atoms with Crippen LogP contribution >= 0.6 is 11.6 Å². The summed E-state index contributed by atoms with van der Waals surface area (Å²) in [6, 6.07) is 5.60. The average molecular weight is 277 g/mol. The standard InChI is InChI=1S/C14H17ClN4/c1-4-16-13-7-12(9(2)3)18-14(19-13)11-6-5-10(15)8-17-11/h5-9H,4H2,1-3H3,(H,16,18,19). The van der Waals surface area contributed by atoms with Crippen LogP contribution < -0.4 is 5.32 Å². The van der Waals surface area contributed by atoms with E-state index in [0.717, 1.165) is 23.8 Å². The van der Waals surface area contributed by atoms with Crippen LogP contribution in [0.1, 0.15) is 32.4 Å². The van der Waals surface area contributed by atoms with E-state index in [1.807, 2.05) is 19.1 Å². The highest BCUT2D eigenvalue weighted by Gasteiger charge is 2.10. The zero-order valence-corrected chi connectivity index (χ0v) is 12.1. The van der Waals surface area contributed by atoms with Gasteiger partial charge in [0.1, 0.15) is 11.5 Å². The van der Waals surface area contributed by atoms with Crippen LogP contribution in [-0.2, 0) is 0 Å². The van der Waals surface area contributed by atoms with Gasteiger partial charge in [-0.25, -0.2) is 9.97 Å². The first-order valence-electron chi connectivity index (χ1n) is 6.35. The second kappa shape index (κ2) is 5.97. The highest BCUT2D eigenvalue weighted by atomic mass is 35.5. The van der Waals surface area contributed by atoms with Crippen LogP contribution in [0.25, 0.3) is 11.5 Å². The van der Waals surface area contributed by atoms with E-state index in [4.69, 9.17) is 11.6 Å². The van der Waals surface area contributed by atoms with Gasteiger partial charge < -0.3 is 5.32 Å². The summed E-state index contributed by atoms with van der Waals surface area (Å²) in [4.78, 5) is 13.3. The largest absolute Gasteiger partial charge is 0.370 e. The molecule has 2 aromatic heterocycles. The summed E-state index contributed by atoms with van der Waals surface area (Å²) in [6.45, 7) is 7.08. The Bertz CT molecular complexity index is 552. The summed E-state index contributed by atoms with van der Waals surface area (Å²) in [5.41, 5.74) is 1.73. The summed E-state index contributed by atoms with van der Waals surface area (Å²) in [5.74, 6) is 1.79. The van der Waals surface area contributed by atoms with Crippen LogP contribution in [0, 0.1) is 0 Å². The van der Waals surface area contributed by atoms with Gasteiger partial charge in [0.15, 0.2) is 5.82 Å². The first-order chi connectivity index (χ1) is 9.10. The highest BCUT2D eigenvalue weighted by Crippen LogP contribution is 2.21. The molecule has 0 saturated carbocycles. The topological polar surface area (TPSA) is 50.7 Å². The minimum Gasteiger partial charge on any atom is -0.370 e. The fraction of sp³-hybridized carbons (Fsp3) is 0.357. The minimum atomic E-state index is 0.339. The third-order valence-electron chi connectivity index (χ3n) is 2.65. The fourth-order valence-electron chi connectivity index (χ4n) is 1.66. The lowest BCUT2D eigenvalue weighted by molar-refractivity contribution is 0.816. The molecule has 2 heterocycles. The molecule has 5 heteroatoms. The predicted molar refractivity (Wildman–Crippen MR) is 78.5 cm³/mol. The van der Waals surface area contributed by atoms with Crippen LogP contribution in [0.4, 0.5) is 5.82 Å². The van der Waals surface area contributed by atoms with Gasteiger partial charge in [0, 0.05) is 24.5 Å². The van der Waals surface area contributed by atoms with E-state index in [1.54, 1.807) is 12.3 Å². The molecule has 0 radical (unpaired) electrons. The van der Waals surface area contributed by atoms with Crippen LogP contribution in [0.15, 0.2) is 24.4 Å². The SMILES string of the molecule is CCNc1cc(C(C)C)nc(-c2ccc(Cl)cn2)n1. The van der Waals surface area contributed by atoms with E-state index in [2.05, 4.69) is 34.1 Å². The van der Waals surface area contributed by atoms with E-state index in [9.17, 15) is 0 Å². The van der Waals surface area contributed by atoms with Crippen molar-refractivity contribution in [2.45, 2.75) is 26.7 Å². The number of hydrogen-bond acceptors (Lipinski definition) is 4. The molecule has 0 aliphatic heterocycles. The van der Waals surface area contributed by atoms with Crippen LogP contribution in [0.3, 0.4) is 0 Å². The molecule has 0 aromatic carbocycles. The van der Waals surface area contributed by atoms with Gasteiger partial charge in [-0.05, 0) is 25.0 Å². The molecule has 0 aliphatic rings. The van der Waals surface area contributed by atoms with Crippen molar-refractivity contribution in [1.29, 1.82) is 0 Å². The first kappa shape index (κ1) is 13.7. The molecule has 0 unspecified atom stereocenters.